The van der Waals surface area contributed by atoms with Crippen molar-refractivity contribution in [3.05, 3.63) is 63.3 Å². The molecule has 0 aliphatic heterocycles. The zero-order chi connectivity index (χ0) is 21.7. The van der Waals surface area contributed by atoms with Crippen molar-refractivity contribution < 1.29 is 26.3 Å². The lowest BCUT2D eigenvalue weighted by Crippen LogP contribution is -2.32. The SMILES string of the molecule is O=c1c(C(F)(F)F)cc(C2CC2)nn1Cc1nnnn1-c1ccc(C(F)(F)F)cc1. The highest BCUT2D eigenvalue weighted by Gasteiger charge is 2.38. The van der Waals surface area contributed by atoms with Crippen molar-refractivity contribution in [1.29, 1.82) is 0 Å². The Bertz CT molecular complexity index is 1130. The summed E-state index contributed by atoms with van der Waals surface area (Å²) < 4.78 is 79.7. The molecule has 0 N–H and O–H groups in total. The highest BCUT2D eigenvalue weighted by atomic mass is 19.4. The topological polar surface area (TPSA) is 78.5 Å². The van der Waals surface area contributed by atoms with Gasteiger partial charge in [0.1, 0.15) is 12.1 Å². The maximum Gasteiger partial charge on any atom is 0.421 e. The van der Waals surface area contributed by atoms with Gasteiger partial charge in [0.15, 0.2) is 5.82 Å². The van der Waals surface area contributed by atoms with Crippen molar-refractivity contribution in [2.45, 2.75) is 37.7 Å². The monoisotopic (exact) mass is 430 g/mol. The average Bonchev–Trinajstić information content (AvgIpc) is 3.41. The zero-order valence-corrected chi connectivity index (χ0v) is 14.9. The van der Waals surface area contributed by atoms with Gasteiger partial charge >= 0.3 is 12.4 Å². The number of halogens is 6. The summed E-state index contributed by atoms with van der Waals surface area (Å²) in [5, 5.41) is 14.8. The lowest BCUT2D eigenvalue weighted by molar-refractivity contribution is -0.139. The second-order valence-corrected chi connectivity index (χ2v) is 6.77. The summed E-state index contributed by atoms with van der Waals surface area (Å²) in [5.74, 6) is -0.214. The molecule has 2 heterocycles. The molecule has 3 aromatic rings. The van der Waals surface area contributed by atoms with E-state index in [0.29, 0.717) is 17.5 Å². The maximum atomic E-state index is 13.3. The van der Waals surface area contributed by atoms with E-state index in [1.54, 1.807) is 0 Å². The van der Waals surface area contributed by atoms with Crippen LogP contribution in [0.3, 0.4) is 0 Å². The Balaban J connectivity index is 1.71. The van der Waals surface area contributed by atoms with Gasteiger partial charge in [0.05, 0.1) is 16.9 Å². The van der Waals surface area contributed by atoms with Crippen molar-refractivity contribution >= 4 is 0 Å². The van der Waals surface area contributed by atoms with E-state index in [0.717, 1.165) is 35.0 Å². The van der Waals surface area contributed by atoms with Crippen LogP contribution in [-0.2, 0) is 18.9 Å². The summed E-state index contributed by atoms with van der Waals surface area (Å²) in [6.45, 7) is -0.490. The molecule has 1 saturated carbocycles. The first-order valence-corrected chi connectivity index (χ1v) is 8.68. The van der Waals surface area contributed by atoms with Crippen molar-refractivity contribution in [3.63, 3.8) is 0 Å². The molecule has 1 aromatic carbocycles. The fourth-order valence-corrected chi connectivity index (χ4v) is 2.88. The van der Waals surface area contributed by atoms with Crippen LogP contribution in [0.2, 0.25) is 0 Å². The minimum Gasteiger partial charge on any atom is -0.267 e. The predicted octanol–water partition coefficient (Wildman–Crippen LogP) is 3.18. The van der Waals surface area contributed by atoms with E-state index in [2.05, 4.69) is 20.6 Å². The molecular formula is C17H12F6N6O. The fourth-order valence-electron chi connectivity index (χ4n) is 2.88. The lowest BCUT2D eigenvalue weighted by Gasteiger charge is -2.12. The van der Waals surface area contributed by atoms with E-state index >= 15 is 0 Å². The summed E-state index contributed by atoms with van der Waals surface area (Å²) in [7, 11) is 0. The number of alkyl halides is 6. The van der Waals surface area contributed by atoms with Gasteiger partial charge in [-0.25, -0.2) is 4.68 Å². The molecule has 1 fully saturated rings. The van der Waals surface area contributed by atoms with E-state index in [-0.39, 0.29) is 23.1 Å². The molecule has 0 atom stereocenters. The number of aromatic nitrogens is 6. The van der Waals surface area contributed by atoms with Gasteiger partial charge in [-0.15, -0.1) is 5.10 Å². The Morgan fingerprint density at radius 3 is 2.23 bits per heavy atom. The van der Waals surface area contributed by atoms with Crippen LogP contribution < -0.4 is 5.56 Å². The summed E-state index contributed by atoms with van der Waals surface area (Å²) >= 11 is 0. The minimum atomic E-state index is -4.86. The van der Waals surface area contributed by atoms with Gasteiger partial charge in [-0.1, -0.05) is 0 Å². The van der Waals surface area contributed by atoms with Gasteiger partial charge in [-0.2, -0.15) is 36.1 Å². The predicted molar refractivity (Wildman–Crippen MR) is 88.7 cm³/mol. The van der Waals surface area contributed by atoms with Gasteiger partial charge in [-0.3, -0.25) is 4.79 Å². The molecule has 0 spiro atoms. The van der Waals surface area contributed by atoms with Gasteiger partial charge in [0.25, 0.3) is 5.56 Å². The van der Waals surface area contributed by atoms with E-state index < -0.39 is 35.6 Å². The molecule has 4 rings (SSSR count). The third kappa shape index (κ3) is 3.91. The highest BCUT2D eigenvalue weighted by Crippen LogP contribution is 2.40. The first-order valence-electron chi connectivity index (χ1n) is 8.68. The molecule has 2 aromatic heterocycles. The summed E-state index contributed by atoms with van der Waals surface area (Å²) in [6.07, 6.45) is -8.04. The minimum absolute atomic E-state index is 0.0644. The van der Waals surface area contributed by atoms with E-state index in [4.69, 9.17) is 0 Å². The molecule has 0 radical (unpaired) electrons. The number of nitrogens with zero attached hydrogens (tertiary/aromatic N) is 6. The molecule has 30 heavy (non-hydrogen) atoms. The van der Waals surface area contributed by atoms with Crippen molar-refractivity contribution in [1.82, 2.24) is 30.0 Å². The highest BCUT2D eigenvalue weighted by molar-refractivity contribution is 5.35. The van der Waals surface area contributed by atoms with Crippen molar-refractivity contribution in [3.8, 4) is 5.69 Å². The molecule has 1 aliphatic carbocycles. The van der Waals surface area contributed by atoms with Crippen molar-refractivity contribution in [2.24, 2.45) is 0 Å². The fraction of sp³-hybridized carbons (Fsp3) is 0.353. The molecule has 1 aliphatic rings. The molecule has 13 heteroatoms. The second-order valence-electron chi connectivity index (χ2n) is 6.77. The van der Waals surface area contributed by atoms with Crippen molar-refractivity contribution in [2.75, 3.05) is 0 Å². The second kappa shape index (κ2) is 6.92. The van der Waals surface area contributed by atoms with Crippen LogP contribution in [0.4, 0.5) is 26.3 Å². The standard InChI is InChI=1S/C17H12F6N6O/c18-16(19,20)10-3-5-11(6-4-10)29-14(24-26-27-29)8-28-15(30)12(17(21,22)23)7-13(25-28)9-1-2-9/h3-7,9H,1-2,8H2. The Labute approximate surface area is 163 Å². The van der Waals surface area contributed by atoms with Crippen LogP contribution in [0.5, 0.6) is 0 Å². The summed E-state index contributed by atoms with van der Waals surface area (Å²) in [6, 6.07) is 4.62. The van der Waals surface area contributed by atoms with Gasteiger partial charge in [0, 0.05) is 5.92 Å². The average molecular weight is 430 g/mol. The third-order valence-electron chi connectivity index (χ3n) is 4.56. The van der Waals surface area contributed by atoms with Gasteiger partial charge in [-0.05, 0) is 53.6 Å². The molecule has 0 amide bonds. The molecule has 158 valence electrons. The maximum absolute atomic E-state index is 13.3. The Morgan fingerprint density at radius 2 is 1.67 bits per heavy atom. The Kier molecular flexibility index (Phi) is 4.62. The van der Waals surface area contributed by atoms with Crippen LogP contribution in [0, 0.1) is 0 Å². The summed E-state index contributed by atoms with van der Waals surface area (Å²) in [5.41, 5.74) is -3.28. The molecule has 0 unspecified atom stereocenters. The van der Waals surface area contributed by atoms with Crippen LogP contribution in [0.25, 0.3) is 5.69 Å². The first-order chi connectivity index (χ1) is 14.0. The van der Waals surface area contributed by atoms with Gasteiger partial charge in [0.2, 0.25) is 0 Å². The van der Waals surface area contributed by atoms with E-state index in [1.807, 2.05) is 0 Å². The lowest BCUT2D eigenvalue weighted by atomic mass is 10.2. The third-order valence-corrected chi connectivity index (χ3v) is 4.56. The Morgan fingerprint density at radius 1 is 1.00 bits per heavy atom. The van der Waals surface area contributed by atoms with Crippen LogP contribution in [-0.4, -0.2) is 30.0 Å². The summed E-state index contributed by atoms with van der Waals surface area (Å²) in [4.78, 5) is 12.3. The van der Waals surface area contributed by atoms with Crippen LogP contribution in [0.1, 0.15) is 41.4 Å². The van der Waals surface area contributed by atoms with E-state index in [9.17, 15) is 31.1 Å². The smallest absolute Gasteiger partial charge is 0.267 e. The number of hydrogen-bond donors (Lipinski definition) is 0. The number of hydrogen-bond acceptors (Lipinski definition) is 5. The quantitative estimate of drug-likeness (QED) is 0.595. The molecular weight excluding hydrogens is 418 g/mol. The molecule has 0 bridgehead atoms. The number of benzene rings is 1. The first kappa shape index (κ1) is 20.0. The number of rotatable bonds is 4. The normalized spacial score (nSPS) is 14.9. The largest absolute Gasteiger partial charge is 0.421 e. The van der Waals surface area contributed by atoms with Crippen LogP contribution >= 0.6 is 0 Å². The molecule has 7 nitrogen and oxygen atoms in total. The van der Waals surface area contributed by atoms with Crippen LogP contribution in [0.15, 0.2) is 35.1 Å². The number of tetrazole rings is 1. The molecule has 0 saturated heterocycles. The Hall–Kier alpha value is -3.25. The zero-order valence-electron chi connectivity index (χ0n) is 14.9. The van der Waals surface area contributed by atoms with Gasteiger partial charge < -0.3 is 0 Å². The van der Waals surface area contributed by atoms with E-state index in [1.165, 1.54) is 0 Å².